The smallest absolute Gasteiger partial charge is 0.169 e. The molecular formula is C10H10BrClF2O. The topological polar surface area (TPSA) is 9.23 Å². The van der Waals surface area contributed by atoms with Gasteiger partial charge in [0.2, 0.25) is 0 Å². The zero-order chi connectivity index (χ0) is 11.4. The number of halogens is 4. The number of hydrogen-bond donors (Lipinski definition) is 0. The van der Waals surface area contributed by atoms with Crippen molar-refractivity contribution in [1.29, 1.82) is 0 Å². The Morgan fingerprint density at radius 3 is 2.67 bits per heavy atom. The van der Waals surface area contributed by atoms with E-state index in [0.29, 0.717) is 12.5 Å². The van der Waals surface area contributed by atoms with Gasteiger partial charge in [-0.15, -0.1) is 11.6 Å². The minimum atomic E-state index is -0.719. The van der Waals surface area contributed by atoms with Gasteiger partial charge < -0.3 is 4.74 Å². The fraction of sp³-hybridized carbons (Fsp3) is 0.400. The fourth-order valence-corrected chi connectivity index (χ4v) is 1.55. The van der Waals surface area contributed by atoms with E-state index in [-0.39, 0.29) is 16.1 Å². The van der Waals surface area contributed by atoms with Crippen LogP contribution in [0.25, 0.3) is 0 Å². The van der Waals surface area contributed by atoms with Crippen LogP contribution in [0.3, 0.4) is 0 Å². The molecule has 0 aliphatic rings. The summed E-state index contributed by atoms with van der Waals surface area (Å²) in [4.78, 5) is 0. The van der Waals surface area contributed by atoms with Gasteiger partial charge in [0.25, 0.3) is 0 Å². The Labute approximate surface area is 101 Å². The van der Waals surface area contributed by atoms with Crippen molar-refractivity contribution in [2.24, 2.45) is 5.92 Å². The zero-order valence-corrected chi connectivity index (χ0v) is 10.4. The third kappa shape index (κ3) is 3.61. The molecule has 0 N–H and O–H groups in total. The molecule has 0 spiro atoms. The molecule has 0 heterocycles. The highest BCUT2D eigenvalue weighted by molar-refractivity contribution is 9.10. The summed E-state index contributed by atoms with van der Waals surface area (Å²) in [5.74, 6) is -0.794. The lowest BCUT2D eigenvalue weighted by atomic mass is 10.2. The zero-order valence-electron chi connectivity index (χ0n) is 8.07. The molecule has 0 fully saturated rings. The number of rotatable bonds is 4. The van der Waals surface area contributed by atoms with Crippen LogP contribution in [0.5, 0.6) is 5.75 Å². The van der Waals surface area contributed by atoms with E-state index in [0.717, 1.165) is 12.1 Å². The highest BCUT2D eigenvalue weighted by atomic mass is 79.9. The average Bonchev–Trinajstić information content (AvgIpc) is 2.15. The first kappa shape index (κ1) is 12.7. The van der Waals surface area contributed by atoms with Crippen LogP contribution < -0.4 is 4.74 Å². The standard InChI is InChI=1S/C10H10BrClF2O/c1-6(4-12)5-15-10-8(11)2-7(13)3-9(10)14/h2-3,6H,4-5H2,1H3. The highest BCUT2D eigenvalue weighted by Gasteiger charge is 2.12. The van der Waals surface area contributed by atoms with Crippen molar-refractivity contribution in [3.8, 4) is 5.75 Å². The van der Waals surface area contributed by atoms with Gasteiger partial charge in [-0.25, -0.2) is 8.78 Å². The van der Waals surface area contributed by atoms with Gasteiger partial charge >= 0.3 is 0 Å². The summed E-state index contributed by atoms with van der Waals surface area (Å²) in [5.41, 5.74) is 0. The van der Waals surface area contributed by atoms with Gasteiger partial charge in [-0.1, -0.05) is 6.92 Å². The largest absolute Gasteiger partial charge is 0.489 e. The number of ether oxygens (including phenoxy) is 1. The normalized spacial score (nSPS) is 12.6. The molecule has 1 atom stereocenters. The third-order valence-corrected chi connectivity index (χ3v) is 2.85. The minimum absolute atomic E-state index is 0.0216. The predicted octanol–water partition coefficient (Wildman–Crippen LogP) is 3.98. The molecule has 0 bridgehead atoms. The van der Waals surface area contributed by atoms with Crippen molar-refractivity contribution in [2.75, 3.05) is 12.5 Å². The lowest BCUT2D eigenvalue weighted by Gasteiger charge is -2.12. The second kappa shape index (κ2) is 5.66. The van der Waals surface area contributed by atoms with Gasteiger partial charge in [-0.05, 0) is 22.0 Å². The predicted molar refractivity (Wildman–Crippen MR) is 59.4 cm³/mol. The second-order valence-corrected chi connectivity index (χ2v) is 4.43. The maximum Gasteiger partial charge on any atom is 0.169 e. The molecule has 0 aromatic heterocycles. The van der Waals surface area contributed by atoms with E-state index >= 15 is 0 Å². The molecule has 0 aliphatic carbocycles. The van der Waals surface area contributed by atoms with Crippen LogP contribution >= 0.6 is 27.5 Å². The second-order valence-electron chi connectivity index (χ2n) is 3.27. The molecule has 1 unspecified atom stereocenters. The van der Waals surface area contributed by atoms with Gasteiger partial charge in [0.1, 0.15) is 5.82 Å². The molecule has 0 saturated heterocycles. The number of benzene rings is 1. The molecule has 5 heteroatoms. The molecule has 1 rings (SSSR count). The Morgan fingerprint density at radius 2 is 2.13 bits per heavy atom. The summed E-state index contributed by atoms with van der Waals surface area (Å²) in [6.07, 6.45) is 0. The minimum Gasteiger partial charge on any atom is -0.489 e. The Balaban J connectivity index is 2.77. The quantitative estimate of drug-likeness (QED) is 0.764. The van der Waals surface area contributed by atoms with E-state index in [1.165, 1.54) is 0 Å². The van der Waals surface area contributed by atoms with Crippen LogP contribution in [0.2, 0.25) is 0 Å². The number of alkyl halides is 1. The summed E-state index contributed by atoms with van der Waals surface area (Å²) >= 11 is 8.61. The molecule has 84 valence electrons. The van der Waals surface area contributed by atoms with Crippen LogP contribution in [0.4, 0.5) is 8.78 Å². The number of hydrogen-bond acceptors (Lipinski definition) is 1. The lowest BCUT2D eigenvalue weighted by Crippen LogP contribution is -2.10. The van der Waals surface area contributed by atoms with Crippen molar-refractivity contribution in [2.45, 2.75) is 6.92 Å². The summed E-state index contributed by atoms with van der Waals surface area (Å²) in [5, 5.41) is 0. The molecular weight excluding hydrogens is 289 g/mol. The third-order valence-electron chi connectivity index (χ3n) is 1.74. The van der Waals surface area contributed by atoms with Crippen LogP contribution in [-0.2, 0) is 0 Å². The Bertz CT molecular complexity index is 323. The summed E-state index contributed by atoms with van der Waals surface area (Å²) < 4.78 is 31.4. The lowest BCUT2D eigenvalue weighted by molar-refractivity contribution is 0.258. The highest BCUT2D eigenvalue weighted by Crippen LogP contribution is 2.29. The summed E-state index contributed by atoms with van der Waals surface area (Å²) in [6.45, 7) is 2.17. The van der Waals surface area contributed by atoms with Gasteiger partial charge in [-0.2, -0.15) is 0 Å². The van der Waals surface area contributed by atoms with Crippen LogP contribution in [0, 0.1) is 17.6 Å². The molecule has 1 aromatic carbocycles. The van der Waals surface area contributed by atoms with Crippen molar-refractivity contribution in [3.63, 3.8) is 0 Å². The van der Waals surface area contributed by atoms with E-state index in [1.54, 1.807) is 0 Å². The Morgan fingerprint density at radius 1 is 1.47 bits per heavy atom. The molecule has 15 heavy (non-hydrogen) atoms. The van der Waals surface area contributed by atoms with Crippen LogP contribution in [-0.4, -0.2) is 12.5 Å². The molecule has 1 nitrogen and oxygen atoms in total. The van der Waals surface area contributed by atoms with Crippen LogP contribution in [0.15, 0.2) is 16.6 Å². The van der Waals surface area contributed by atoms with Crippen LogP contribution in [0.1, 0.15) is 6.92 Å². The maximum absolute atomic E-state index is 13.2. The van der Waals surface area contributed by atoms with E-state index in [9.17, 15) is 8.78 Å². The molecule has 0 saturated carbocycles. The van der Waals surface area contributed by atoms with Gasteiger partial charge in [0.15, 0.2) is 11.6 Å². The van der Waals surface area contributed by atoms with Gasteiger partial charge in [-0.3, -0.25) is 0 Å². The molecule has 0 amide bonds. The maximum atomic E-state index is 13.2. The van der Waals surface area contributed by atoms with Crippen molar-refractivity contribution in [1.82, 2.24) is 0 Å². The SMILES string of the molecule is CC(CCl)COc1c(F)cc(F)cc1Br. The molecule has 1 aromatic rings. The first-order chi connectivity index (χ1) is 7.04. The van der Waals surface area contributed by atoms with E-state index in [1.807, 2.05) is 6.92 Å². The first-order valence-electron chi connectivity index (χ1n) is 4.38. The van der Waals surface area contributed by atoms with E-state index in [4.69, 9.17) is 16.3 Å². The molecule has 0 radical (unpaired) electrons. The Kier molecular flexibility index (Phi) is 4.80. The summed E-state index contributed by atoms with van der Waals surface area (Å²) in [6, 6.07) is 1.94. The van der Waals surface area contributed by atoms with Gasteiger partial charge in [0, 0.05) is 17.9 Å². The van der Waals surface area contributed by atoms with Crippen molar-refractivity contribution >= 4 is 27.5 Å². The van der Waals surface area contributed by atoms with Crippen molar-refractivity contribution in [3.05, 3.63) is 28.2 Å². The molecule has 0 aliphatic heterocycles. The summed E-state index contributed by atoms with van der Waals surface area (Å²) in [7, 11) is 0. The van der Waals surface area contributed by atoms with E-state index < -0.39 is 11.6 Å². The van der Waals surface area contributed by atoms with E-state index in [2.05, 4.69) is 15.9 Å². The van der Waals surface area contributed by atoms with Gasteiger partial charge in [0.05, 0.1) is 11.1 Å². The Hall–Kier alpha value is -0.350. The monoisotopic (exact) mass is 298 g/mol. The average molecular weight is 300 g/mol. The van der Waals surface area contributed by atoms with Crippen molar-refractivity contribution < 1.29 is 13.5 Å². The first-order valence-corrected chi connectivity index (χ1v) is 5.70. The fourth-order valence-electron chi connectivity index (χ4n) is 0.937.